The number of halogens is 2. The summed E-state index contributed by atoms with van der Waals surface area (Å²) >= 11 is 6.16. The molecule has 3 aromatic carbocycles. The molecule has 0 unspecified atom stereocenters. The standard InChI is InChI=1S/C26H26ClFN4O2/c1-17-7-9-21(15-22(17)27)30-26(34)31-23-14-19(8-10-24(23)32-11-2-3-12-32)25(33)29-16-18-5-4-6-20(28)13-18/h4-10,13-15H,2-3,11-12,16H2,1H3,(H,29,33)(H2,30,31,34). The molecule has 0 aliphatic carbocycles. The van der Waals surface area contributed by atoms with E-state index < -0.39 is 6.03 Å². The van der Waals surface area contributed by atoms with E-state index >= 15 is 0 Å². The molecular weight excluding hydrogens is 455 g/mol. The van der Waals surface area contributed by atoms with Gasteiger partial charge in [0.15, 0.2) is 0 Å². The first-order valence-corrected chi connectivity index (χ1v) is 11.5. The van der Waals surface area contributed by atoms with Crippen molar-refractivity contribution < 1.29 is 14.0 Å². The quantitative estimate of drug-likeness (QED) is 0.407. The average molecular weight is 481 g/mol. The predicted molar refractivity (Wildman–Crippen MR) is 134 cm³/mol. The number of benzene rings is 3. The number of amides is 3. The second-order valence-corrected chi connectivity index (χ2v) is 8.69. The number of urea groups is 1. The minimum absolute atomic E-state index is 0.196. The fourth-order valence-electron chi connectivity index (χ4n) is 3.90. The number of carbonyl (C=O) groups is 2. The molecule has 1 fully saturated rings. The van der Waals surface area contributed by atoms with E-state index in [2.05, 4.69) is 20.9 Å². The van der Waals surface area contributed by atoms with Crippen LogP contribution in [-0.2, 0) is 6.54 Å². The maximum absolute atomic E-state index is 13.4. The molecule has 4 rings (SSSR count). The SMILES string of the molecule is Cc1ccc(NC(=O)Nc2cc(C(=O)NCc3cccc(F)c3)ccc2N2CCCC2)cc1Cl. The number of carbonyl (C=O) groups excluding carboxylic acids is 2. The van der Waals surface area contributed by atoms with Gasteiger partial charge in [-0.2, -0.15) is 0 Å². The highest BCUT2D eigenvalue weighted by atomic mass is 35.5. The summed E-state index contributed by atoms with van der Waals surface area (Å²) in [5.41, 5.74) is 3.94. The summed E-state index contributed by atoms with van der Waals surface area (Å²) in [7, 11) is 0. The van der Waals surface area contributed by atoms with Crippen LogP contribution in [0.5, 0.6) is 0 Å². The van der Waals surface area contributed by atoms with Gasteiger partial charge >= 0.3 is 6.03 Å². The van der Waals surface area contributed by atoms with Gasteiger partial charge in [0, 0.05) is 35.9 Å². The van der Waals surface area contributed by atoms with Crippen LogP contribution >= 0.6 is 11.6 Å². The molecule has 1 heterocycles. The minimum Gasteiger partial charge on any atom is -0.370 e. The van der Waals surface area contributed by atoms with E-state index in [0.717, 1.165) is 37.2 Å². The van der Waals surface area contributed by atoms with Gasteiger partial charge in [0.25, 0.3) is 5.91 Å². The van der Waals surface area contributed by atoms with E-state index in [1.165, 1.54) is 12.1 Å². The van der Waals surface area contributed by atoms with Crippen molar-refractivity contribution >= 4 is 40.6 Å². The van der Waals surface area contributed by atoms with Crippen molar-refractivity contribution in [2.75, 3.05) is 28.6 Å². The van der Waals surface area contributed by atoms with E-state index in [9.17, 15) is 14.0 Å². The number of nitrogens with zero attached hydrogens (tertiary/aromatic N) is 1. The molecule has 6 nitrogen and oxygen atoms in total. The maximum Gasteiger partial charge on any atom is 0.323 e. The van der Waals surface area contributed by atoms with E-state index in [1.54, 1.807) is 36.4 Å². The Bertz CT molecular complexity index is 1210. The normalized spacial score (nSPS) is 13.0. The zero-order valence-corrected chi connectivity index (χ0v) is 19.6. The van der Waals surface area contributed by atoms with E-state index in [-0.39, 0.29) is 18.3 Å². The summed E-state index contributed by atoms with van der Waals surface area (Å²) in [6.07, 6.45) is 2.15. The van der Waals surface area contributed by atoms with Crippen LogP contribution in [0.3, 0.4) is 0 Å². The van der Waals surface area contributed by atoms with Crippen molar-refractivity contribution in [3.05, 3.63) is 88.2 Å². The van der Waals surface area contributed by atoms with Gasteiger partial charge < -0.3 is 20.9 Å². The lowest BCUT2D eigenvalue weighted by Gasteiger charge is -2.22. The zero-order valence-electron chi connectivity index (χ0n) is 18.8. The molecule has 3 aromatic rings. The van der Waals surface area contributed by atoms with Crippen LogP contribution in [0.25, 0.3) is 0 Å². The van der Waals surface area contributed by atoms with Gasteiger partial charge in [-0.25, -0.2) is 9.18 Å². The maximum atomic E-state index is 13.4. The number of rotatable bonds is 6. The lowest BCUT2D eigenvalue weighted by molar-refractivity contribution is 0.0951. The van der Waals surface area contributed by atoms with Crippen molar-refractivity contribution in [3.8, 4) is 0 Å². The summed E-state index contributed by atoms with van der Waals surface area (Å²) < 4.78 is 13.4. The third-order valence-electron chi connectivity index (χ3n) is 5.73. The molecule has 176 valence electrons. The van der Waals surface area contributed by atoms with Gasteiger partial charge in [-0.05, 0) is 73.4 Å². The number of aryl methyl sites for hydroxylation is 1. The van der Waals surface area contributed by atoms with Gasteiger partial charge in [-0.15, -0.1) is 0 Å². The highest BCUT2D eigenvalue weighted by Gasteiger charge is 2.19. The summed E-state index contributed by atoms with van der Waals surface area (Å²) in [4.78, 5) is 27.7. The van der Waals surface area contributed by atoms with Crippen molar-refractivity contribution in [2.24, 2.45) is 0 Å². The smallest absolute Gasteiger partial charge is 0.323 e. The third-order valence-corrected chi connectivity index (χ3v) is 6.13. The van der Waals surface area contributed by atoms with Crippen LogP contribution in [0, 0.1) is 12.7 Å². The van der Waals surface area contributed by atoms with Gasteiger partial charge in [0.1, 0.15) is 5.82 Å². The number of hydrogen-bond donors (Lipinski definition) is 3. The van der Waals surface area contributed by atoms with Gasteiger partial charge in [-0.1, -0.05) is 29.8 Å². The Morgan fingerprint density at radius 2 is 1.79 bits per heavy atom. The first-order valence-electron chi connectivity index (χ1n) is 11.1. The van der Waals surface area contributed by atoms with Crippen LogP contribution in [-0.4, -0.2) is 25.0 Å². The Balaban J connectivity index is 1.51. The predicted octanol–water partition coefficient (Wildman–Crippen LogP) is 5.96. The summed E-state index contributed by atoms with van der Waals surface area (Å²) in [6.45, 7) is 3.85. The lowest BCUT2D eigenvalue weighted by atomic mass is 10.1. The Morgan fingerprint density at radius 3 is 2.53 bits per heavy atom. The zero-order chi connectivity index (χ0) is 24.1. The Kier molecular flexibility index (Phi) is 7.33. The fraction of sp³-hybridized carbons (Fsp3) is 0.231. The van der Waals surface area contributed by atoms with Crippen LogP contribution < -0.4 is 20.9 Å². The third kappa shape index (κ3) is 5.85. The Morgan fingerprint density at radius 1 is 1.00 bits per heavy atom. The van der Waals surface area contributed by atoms with Crippen molar-refractivity contribution in [3.63, 3.8) is 0 Å². The van der Waals surface area contributed by atoms with E-state index in [1.807, 2.05) is 19.1 Å². The monoisotopic (exact) mass is 480 g/mol. The molecule has 0 atom stereocenters. The fourth-order valence-corrected chi connectivity index (χ4v) is 4.08. The highest BCUT2D eigenvalue weighted by molar-refractivity contribution is 6.31. The van der Waals surface area contributed by atoms with Crippen LogP contribution in [0.15, 0.2) is 60.7 Å². The molecule has 0 aromatic heterocycles. The average Bonchev–Trinajstić information content (AvgIpc) is 3.34. The van der Waals surface area contributed by atoms with Crippen molar-refractivity contribution in [1.82, 2.24) is 5.32 Å². The van der Waals surface area contributed by atoms with E-state index in [4.69, 9.17) is 11.6 Å². The molecular formula is C26H26ClFN4O2. The molecule has 3 N–H and O–H groups in total. The topological polar surface area (TPSA) is 73.5 Å². The molecule has 1 saturated heterocycles. The molecule has 34 heavy (non-hydrogen) atoms. The first-order chi connectivity index (χ1) is 16.4. The lowest BCUT2D eigenvalue weighted by Crippen LogP contribution is -2.26. The van der Waals surface area contributed by atoms with Gasteiger partial charge in [0.05, 0.1) is 11.4 Å². The summed E-state index contributed by atoms with van der Waals surface area (Å²) in [5, 5.41) is 9.03. The van der Waals surface area contributed by atoms with Crippen LogP contribution in [0.4, 0.5) is 26.2 Å². The van der Waals surface area contributed by atoms with Crippen LogP contribution in [0.1, 0.15) is 34.3 Å². The molecule has 8 heteroatoms. The molecule has 0 spiro atoms. The number of hydrogen-bond acceptors (Lipinski definition) is 3. The Hall–Kier alpha value is -3.58. The van der Waals surface area contributed by atoms with Crippen molar-refractivity contribution in [1.29, 1.82) is 0 Å². The first kappa shape index (κ1) is 23.6. The van der Waals surface area contributed by atoms with Crippen molar-refractivity contribution in [2.45, 2.75) is 26.3 Å². The minimum atomic E-state index is -0.433. The Labute approximate surface area is 203 Å². The molecule has 0 bridgehead atoms. The summed E-state index contributed by atoms with van der Waals surface area (Å²) in [6, 6.07) is 16.2. The van der Waals surface area contributed by atoms with Crippen LogP contribution in [0.2, 0.25) is 5.02 Å². The molecule has 0 radical (unpaired) electrons. The second kappa shape index (κ2) is 10.6. The number of nitrogens with one attached hydrogen (secondary N) is 3. The molecule has 0 saturated carbocycles. The van der Waals surface area contributed by atoms with Gasteiger partial charge in [0.2, 0.25) is 0 Å². The van der Waals surface area contributed by atoms with Gasteiger partial charge in [-0.3, -0.25) is 4.79 Å². The number of anilines is 3. The molecule has 1 aliphatic heterocycles. The largest absolute Gasteiger partial charge is 0.370 e. The highest BCUT2D eigenvalue weighted by Crippen LogP contribution is 2.30. The molecule has 1 aliphatic rings. The summed E-state index contributed by atoms with van der Waals surface area (Å²) in [5.74, 6) is -0.667. The molecule has 3 amide bonds. The second-order valence-electron chi connectivity index (χ2n) is 8.28. The van der Waals surface area contributed by atoms with E-state index in [0.29, 0.717) is 27.5 Å².